The van der Waals surface area contributed by atoms with Gasteiger partial charge in [-0.3, -0.25) is 4.79 Å². The molecule has 1 heterocycles. The van der Waals surface area contributed by atoms with Gasteiger partial charge in [0.15, 0.2) is 0 Å². The van der Waals surface area contributed by atoms with E-state index in [0.29, 0.717) is 28.1 Å². The fourth-order valence-electron chi connectivity index (χ4n) is 2.62. The van der Waals surface area contributed by atoms with Crippen LogP contribution < -0.4 is 10.3 Å². The van der Waals surface area contributed by atoms with Gasteiger partial charge in [0.2, 0.25) is 10.0 Å². The van der Waals surface area contributed by atoms with Crippen molar-refractivity contribution < 1.29 is 18.3 Å². The van der Waals surface area contributed by atoms with Crippen LogP contribution in [-0.2, 0) is 10.0 Å². The van der Waals surface area contributed by atoms with Crippen LogP contribution in [0, 0.1) is 0 Å². The summed E-state index contributed by atoms with van der Waals surface area (Å²) in [6.07, 6.45) is 0.764. The van der Waals surface area contributed by atoms with Crippen molar-refractivity contribution in [1.29, 1.82) is 0 Å². The third-order valence-electron chi connectivity index (χ3n) is 4.23. The number of rotatable bonds is 9. The van der Waals surface area contributed by atoms with E-state index in [-0.39, 0.29) is 35.3 Å². The van der Waals surface area contributed by atoms with Crippen LogP contribution in [-0.4, -0.2) is 54.6 Å². The molecule has 2 aromatic rings. The summed E-state index contributed by atoms with van der Waals surface area (Å²) in [4.78, 5) is 19.7. The Kier molecular flexibility index (Phi) is 7.98. The van der Waals surface area contributed by atoms with E-state index in [1.165, 1.54) is 19.2 Å². The highest BCUT2D eigenvalue weighted by Gasteiger charge is 2.23. The zero-order valence-electron chi connectivity index (χ0n) is 16.9. The van der Waals surface area contributed by atoms with Crippen molar-refractivity contribution in [3.8, 4) is 17.1 Å². The number of aromatic nitrogens is 2. The molecule has 1 aromatic carbocycles. The Labute approximate surface area is 179 Å². The standard InChI is InChI=1S/C19H26BrN3O5S/c1-5-10-28-15-7-6-13(29(26,27)23(4)8-9-24)11-14(15)18-21-17(12(2)3)16(20)19(25)22-18/h6-7,11-12,24H,5,8-10H2,1-4H3,(H,21,22,25). The topological polar surface area (TPSA) is 113 Å². The SMILES string of the molecule is CCCOc1ccc(S(=O)(=O)N(C)CCO)cc1-c1nc(C(C)C)c(Br)c(=O)[nH]1. The van der Waals surface area contributed by atoms with E-state index in [2.05, 4.69) is 25.9 Å². The number of benzene rings is 1. The Hall–Kier alpha value is -1.75. The molecule has 160 valence electrons. The Morgan fingerprint density at radius 2 is 2.03 bits per heavy atom. The maximum atomic E-state index is 12.8. The summed E-state index contributed by atoms with van der Waals surface area (Å²) in [6, 6.07) is 4.43. The first-order valence-electron chi connectivity index (χ1n) is 9.27. The summed E-state index contributed by atoms with van der Waals surface area (Å²) < 4.78 is 32.8. The maximum absolute atomic E-state index is 12.8. The average molecular weight is 488 g/mol. The molecule has 0 aliphatic rings. The summed E-state index contributed by atoms with van der Waals surface area (Å²) in [5.41, 5.74) is 0.588. The molecule has 0 amide bonds. The predicted molar refractivity (Wildman–Crippen MR) is 115 cm³/mol. The highest BCUT2D eigenvalue weighted by atomic mass is 79.9. The third kappa shape index (κ3) is 5.25. The fourth-order valence-corrected chi connectivity index (χ4v) is 4.45. The summed E-state index contributed by atoms with van der Waals surface area (Å²) in [7, 11) is -2.43. The molecule has 0 spiro atoms. The number of likely N-dealkylation sites (N-methyl/N-ethyl adjacent to an activating group) is 1. The van der Waals surface area contributed by atoms with E-state index in [4.69, 9.17) is 9.84 Å². The minimum atomic E-state index is -3.82. The number of hydrogen-bond acceptors (Lipinski definition) is 6. The molecule has 0 aliphatic heterocycles. The molecule has 0 fully saturated rings. The normalized spacial score (nSPS) is 12.0. The van der Waals surface area contributed by atoms with Gasteiger partial charge < -0.3 is 14.8 Å². The van der Waals surface area contributed by atoms with Gasteiger partial charge >= 0.3 is 0 Å². The predicted octanol–water partition coefficient (Wildman–Crippen LogP) is 2.72. The van der Waals surface area contributed by atoms with Gasteiger partial charge in [0.05, 0.1) is 29.4 Å². The summed E-state index contributed by atoms with van der Waals surface area (Å²) in [5.74, 6) is 0.638. The van der Waals surface area contributed by atoms with Gasteiger partial charge in [-0.15, -0.1) is 0 Å². The highest BCUT2D eigenvalue weighted by Crippen LogP contribution is 2.32. The zero-order chi connectivity index (χ0) is 21.8. The number of aromatic amines is 1. The number of halogens is 1. The Balaban J connectivity index is 2.70. The van der Waals surface area contributed by atoms with Crippen LogP contribution in [0.5, 0.6) is 5.75 Å². The van der Waals surface area contributed by atoms with Crippen molar-refractivity contribution in [2.75, 3.05) is 26.8 Å². The van der Waals surface area contributed by atoms with Crippen molar-refractivity contribution in [1.82, 2.24) is 14.3 Å². The zero-order valence-corrected chi connectivity index (χ0v) is 19.3. The number of H-pyrrole nitrogens is 1. The number of nitrogens with one attached hydrogen (secondary N) is 1. The van der Waals surface area contributed by atoms with E-state index in [1.54, 1.807) is 6.07 Å². The van der Waals surface area contributed by atoms with E-state index < -0.39 is 10.0 Å². The maximum Gasteiger partial charge on any atom is 0.265 e. The second-order valence-corrected chi connectivity index (χ2v) is 9.66. The molecule has 0 bridgehead atoms. The monoisotopic (exact) mass is 487 g/mol. The van der Waals surface area contributed by atoms with E-state index >= 15 is 0 Å². The van der Waals surface area contributed by atoms with Gasteiger partial charge in [0.1, 0.15) is 16.0 Å². The lowest BCUT2D eigenvalue weighted by Gasteiger charge is -2.18. The van der Waals surface area contributed by atoms with Crippen molar-refractivity contribution >= 4 is 26.0 Å². The number of nitrogens with zero attached hydrogens (tertiary/aromatic N) is 2. The van der Waals surface area contributed by atoms with Crippen LogP contribution in [0.3, 0.4) is 0 Å². The fraction of sp³-hybridized carbons (Fsp3) is 0.474. The van der Waals surface area contributed by atoms with Crippen molar-refractivity contribution in [3.05, 3.63) is 38.7 Å². The number of sulfonamides is 1. The van der Waals surface area contributed by atoms with Crippen molar-refractivity contribution in [3.63, 3.8) is 0 Å². The molecule has 0 saturated heterocycles. The molecule has 0 aliphatic carbocycles. The lowest BCUT2D eigenvalue weighted by molar-refractivity contribution is 0.266. The summed E-state index contributed by atoms with van der Waals surface area (Å²) in [5, 5.41) is 9.08. The smallest absolute Gasteiger partial charge is 0.265 e. The molecule has 8 nitrogen and oxygen atoms in total. The first kappa shape index (κ1) is 23.5. The number of ether oxygens (including phenoxy) is 1. The van der Waals surface area contributed by atoms with Crippen molar-refractivity contribution in [2.24, 2.45) is 0 Å². The molecular formula is C19H26BrN3O5S. The van der Waals surface area contributed by atoms with Crippen molar-refractivity contribution in [2.45, 2.75) is 38.0 Å². The Bertz CT molecular complexity index is 1020. The van der Waals surface area contributed by atoms with E-state index in [9.17, 15) is 13.2 Å². The van der Waals surface area contributed by atoms with Gasteiger partial charge in [0.25, 0.3) is 5.56 Å². The van der Waals surface area contributed by atoms with Gasteiger partial charge in [-0.25, -0.2) is 13.4 Å². The summed E-state index contributed by atoms with van der Waals surface area (Å²) >= 11 is 3.27. The van der Waals surface area contributed by atoms with E-state index in [1.807, 2.05) is 20.8 Å². The first-order chi connectivity index (χ1) is 13.6. The Morgan fingerprint density at radius 1 is 1.34 bits per heavy atom. The molecule has 0 saturated carbocycles. The molecular weight excluding hydrogens is 462 g/mol. The number of aliphatic hydroxyl groups excluding tert-OH is 1. The number of aliphatic hydroxyl groups is 1. The molecule has 2 N–H and O–H groups in total. The molecule has 0 radical (unpaired) electrons. The van der Waals surface area contributed by atoms with Crippen LogP contribution >= 0.6 is 15.9 Å². The van der Waals surface area contributed by atoms with Crippen LogP contribution in [0.4, 0.5) is 0 Å². The largest absolute Gasteiger partial charge is 0.493 e. The Morgan fingerprint density at radius 3 is 2.62 bits per heavy atom. The van der Waals surface area contributed by atoms with E-state index in [0.717, 1.165) is 10.7 Å². The molecule has 0 unspecified atom stereocenters. The molecule has 10 heteroatoms. The van der Waals surface area contributed by atoms with Gasteiger partial charge in [-0.05, 0) is 46.5 Å². The van der Waals surface area contributed by atoms with Crippen LogP contribution in [0.2, 0.25) is 0 Å². The third-order valence-corrected chi connectivity index (χ3v) is 6.85. The molecule has 29 heavy (non-hydrogen) atoms. The molecule has 2 rings (SSSR count). The van der Waals surface area contributed by atoms with Crippen LogP contribution in [0.15, 0.2) is 32.4 Å². The summed E-state index contributed by atoms with van der Waals surface area (Å²) in [6.45, 7) is 5.89. The number of hydrogen-bond donors (Lipinski definition) is 2. The molecule has 0 atom stereocenters. The minimum Gasteiger partial charge on any atom is -0.493 e. The van der Waals surface area contributed by atoms with Gasteiger partial charge in [-0.1, -0.05) is 20.8 Å². The van der Waals surface area contributed by atoms with Crippen LogP contribution in [0.1, 0.15) is 38.8 Å². The quantitative estimate of drug-likeness (QED) is 0.562. The second-order valence-electron chi connectivity index (χ2n) is 6.83. The highest BCUT2D eigenvalue weighted by molar-refractivity contribution is 9.10. The molecule has 1 aromatic heterocycles. The second kappa shape index (κ2) is 9.84. The van der Waals surface area contributed by atoms with Gasteiger partial charge in [-0.2, -0.15) is 4.31 Å². The minimum absolute atomic E-state index is 0.0176. The average Bonchev–Trinajstić information content (AvgIpc) is 2.68. The first-order valence-corrected chi connectivity index (χ1v) is 11.5. The van der Waals surface area contributed by atoms with Crippen LogP contribution in [0.25, 0.3) is 11.4 Å². The lowest BCUT2D eigenvalue weighted by Crippen LogP contribution is -2.29. The van der Waals surface area contributed by atoms with Gasteiger partial charge in [0, 0.05) is 13.6 Å². The lowest BCUT2D eigenvalue weighted by atomic mass is 10.1.